The maximum atomic E-state index is 11.7. The van der Waals surface area contributed by atoms with Crippen molar-refractivity contribution in [2.24, 2.45) is 5.92 Å². The zero-order valence-corrected chi connectivity index (χ0v) is 11.8. The first kappa shape index (κ1) is 13.3. The standard InChI is InChI=1S/C12H13IN2O3/c13-9-2-1-3-10(4-9)14-11(16)7-15-5-8(6-15)12(17)18/h1-4,8H,5-7H2,(H,14,16)(H,17,18). The van der Waals surface area contributed by atoms with Crippen LogP contribution in [0.25, 0.3) is 0 Å². The maximum absolute atomic E-state index is 11.7. The number of carboxylic acid groups (broad SMARTS) is 1. The molecule has 2 rings (SSSR count). The SMILES string of the molecule is O=C(CN1CC(C(=O)O)C1)Nc1cccc(I)c1. The molecule has 0 spiro atoms. The highest BCUT2D eigenvalue weighted by molar-refractivity contribution is 14.1. The lowest BCUT2D eigenvalue weighted by Crippen LogP contribution is -2.52. The Balaban J connectivity index is 1.78. The molecule has 1 aromatic rings. The Labute approximate surface area is 118 Å². The van der Waals surface area contributed by atoms with Crippen LogP contribution >= 0.6 is 22.6 Å². The van der Waals surface area contributed by atoms with Crippen LogP contribution in [0.3, 0.4) is 0 Å². The number of amides is 1. The third kappa shape index (κ3) is 3.42. The minimum Gasteiger partial charge on any atom is -0.481 e. The molecule has 5 nitrogen and oxygen atoms in total. The number of hydrogen-bond acceptors (Lipinski definition) is 3. The molecule has 0 atom stereocenters. The first-order valence-electron chi connectivity index (χ1n) is 5.55. The van der Waals surface area contributed by atoms with E-state index in [4.69, 9.17) is 5.11 Å². The molecule has 1 heterocycles. The number of carbonyl (C=O) groups is 2. The number of aliphatic carboxylic acids is 1. The summed E-state index contributed by atoms with van der Waals surface area (Å²) in [5.74, 6) is -1.22. The Morgan fingerprint density at radius 1 is 1.44 bits per heavy atom. The van der Waals surface area contributed by atoms with Crippen LogP contribution < -0.4 is 5.32 Å². The van der Waals surface area contributed by atoms with Crippen molar-refractivity contribution in [1.29, 1.82) is 0 Å². The van der Waals surface area contributed by atoms with E-state index in [2.05, 4.69) is 27.9 Å². The molecule has 1 amide bonds. The molecule has 18 heavy (non-hydrogen) atoms. The third-order valence-corrected chi connectivity index (χ3v) is 3.45. The highest BCUT2D eigenvalue weighted by Crippen LogP contribution is 2.16. The van der Waals surface area contributed by atoms with Crippen molar-refractivity contribution in [3.05, 3.63) is 27.8 Å². The Hall–Kier alpha value is -1.15. The second-order valence-corrected chi connectivity index (χ2v) is 5.53. The Bertz CT molecular complexity index is 472. The van der Waals surface area contributed by atoms with Gasteiger partial charge < -0.3 is 10.4 Å². The number of nitrogens with one attached hydrogen (secondary N) is 1. The second-order valence-electron chi connectivity index (χ2n) is 4.29. The molecule has 1 fully saturated rings. The van der Waals surface area contributed by atoms with Crippen molar-refractivity contribution in [2.45, 2.75) is 0 Å². The predicted octanol–water partition coefficient (Wildman–Crippen LogP) is 1.25. The van der Waals surface area contributed by atoms with Crippen LogP contribution in [0.5, 0.6) is 0 Å². The van der Waals surface area contributed by atoms with E-state index < -0.39 is 5.97 Å². The first-order chi connectivity index (χ1) is 8.54. The molecule has 0 unspecified atom stereocenters. The summed E-state index contributed by atoms with van der Waals surface area (Å²) in [6.45, 7) is 1.15. The van der Waals surface area contributed by atoms with E-state index in [9.17, 15) is 9.59 Å². The van der Waals surface area contributed by atoms with Gasteiger partial charge in [-0.1, -0.05) is 6.07 Å². The third-order valence-electron chi connectivity index (χ3n) is 2.78. The van der Waals surface area contributed by atoms with E-state index in [1.54, 1.807) is 0 Å². The molecular weight excluding hydrogens is 347 g/mol. The fraction of sp³-hybridized carbons (Fsp3) is 0.333. The fourth-order valence-electron chi connectivity index (χ4n) is 1.82. The zero-order valence-electron chi connectivity index (χ0n) is 9.60. The molecule has 1 aliphatic heterocycles. The minimum atomic E-state index is -0.788. The van der Waals surface area contributed by atoms with E-state index in [1.165, 1.54) is 0 Å². The van der Waals surface area contributed by atoms with Gasteiger partial charge in [-0.15, -0.1) is 0 Å². The lowest BCUT2D eigenvalue weighted by atomic mass is 10.0. The largest absolute Gasteiger partial charge is 0.481 e. The summed E-state index contributed by atoms with van der Waals surface area (Å²) >= 11 is 2.18. The zero-order chi connectivity index (χ0) is 13.1. The number of benzene rings is 1. The highest BCUT2D eigenvalue weighted by atomic mass is 127. The molecular formula is C12H13IN2O3. The van der Waals surface area contributed by atoms with E-state index in [-0.39, 0.29) is 18.4 Å². The summed E-state index contributed by atoms with van der Waals surface area (Å²) in [4.78, 5) is 24.1. The number of anilines is 1. The summed E-state index contributed by atoms with van der Waals surface area (Å²) in [5, 5.41) is 11.5. The Morgan fingerprint density at radius 2 is 2.17 bits per heavy atom. The van der Waals surface area contributed by atoms with Gasteiger partial charge in [0.1, 0.15) is 0 Å². The van der Waals surface area contributed by atoms with Crippen molar-refractivity contribution in [2.75, 3.05) is 25.0 Å². The molecule has 96 valence electrons. The minimum absolute atomic E-state index is 0.110. The number of likely N-dealkylation sites (tertiary alicyclic amines) is 1. The van der Waals surface area contributed by atoms with E-state index in [0.29, 0.717) is 13.1 Å². The monoisotopic (exact) mass is 360 g/mol. The van der Waals surface area contributed by atoms with E-state index in [1.807, 2.05) is 29.2 Å². The second kappa shape index (κ2) is 5.66. The number of carbonyl (C=O) groups excluding carboxylic acids is 1. The van der Waals surface area contributed by atoms with Gasteiger partial charge in [-0.3, -0.25) is 14.5 Å². The van der Waals surface area contributed by atoms with Crippen molar-refractivity contribution in [3.8, 4) is 0 Å². The molecule has 0 radical (unpaired) electrons. The summed E-state index contributed by atoms with van der Waals surface area (Å²) < 4.78 is 1.06. The number of hydrogen-bond donors (Lipinski definition) is 2. The van der Waals surface area contributed by atoms with Crippen LogP contribution in [0.4, 0.5) is 5.69 Å². The predicted molar refractivity (Wildman–Crippen MR) is 75.4 cm³/mol. The number of carboxylic acids is 1. The molecule has 0 aromatic heterocycles. The van der Waals surface area contributed by atoms with Crippen LogP contribution in [0.2, 0.25) is 0 Å². The van der Waals surface area contributed by atoms with Crippen LogP contribution in [0, 0.1) is 9.49 Å². The van der Waals surface area contributed by atoms with Crippen molar-refractivity contribution in [1.82, 2.24) is 4.90 Å². The topological polar surface area (TPSA) is 69.6 Å². The van der Waals surface area contributed by atoms with Gasteiger partial charge in [0, 0.05) is 22.3 Å². The number of halogens is 1. The van der Waals surface area contributed by atoms with Crippen molar-refractivity contribution in [3.63, 3.8) is 0 Å². The number of rotatable bonds is 4. The van der Waals surface area contributed by atoms with Gasteiger partial charge in [0.25, 0.3) is 0 Å². The van der Waals surface area contributed by atoms with Gasteiger partial charge in [-0.25, -0.2) is 0 Å². The van der Waals surface area contributed by atoms with Crippen LogP contribution in [-0.2, 0) is 9.59 Å². The molecule has 1 aliphatic rings. The lowest BCUT2D eigenvalue weighted by Gasteiger charge is -2.35. The van der Waals surface area contributed by atoms with Gasteiger partial charge >= 0.3 is 5.97 Å². The average Bonchev–Trinajstić information content (AvgIpc) is 2.22. The highest BCUT2D eigenvalue weighted by Gasteiger charge is 2.33. The smallest absolute Gasteiger partial charge is 0.309 e. The summed E-state index contributed by atoms with van der Waals surface area (Å²) in [6, 6.07) is 7.54. The van der Waals surface area contributed by atoms with E-state index >= 15 is 0 Å². The van der Waals surface area contributed by atoms with Gasteiger partial charge in [-0.2, -0.15) is 0 Å². The van der Waals surface area contributed by atoms with Gasteiger partial charge in [0.05, 0.1) is 12.5 Å². The quantitative estimate of drug-likeness (QED) is 0.793. The lowest BCUT2D eigenvalue weighted by molar-refractivity contribution is -0.148. The van der Waals surface area contributed by atoms with Crippen LogP contribution in [-0.4, -0.2) is 41.5 Å². The van der Waals surface area contributed by atoms with Gasteiger partial charge in [0.2, 0.25) is 5.91 Å². The summed E-state index contributed by atoms with van der Waals surface area (Å²) in [5.41, 5.74) is 0.766. The fourth-order valence-corrected chi connectivity index (χ4v) is 2.37. The van der Waals surface area contributed by atoms with Crippen molar-refractivity contribution >= 4 is 40.2 Å². The molecule has 6 heteroatoms. The Morgan fingerprint density at radius 3 is 2.78 bits per heavy atom. The Kier molecular flexibility index (Phi) is 4.18. The van der Waals surface area contributed by atoms with Crippen LogP contribution in [0.1, 0.15) is 0 Å². The molecule has 0 bridgehead atoms. The molecule has 0 aliphatic carbocycles. The van der Waals surface area contributed by atoms with Crippen LogP contribution in [0.15, 0.2) is 24.3 Å². The normalized spacial score (nSPS) is 16.1. The first-order valence-corrected chi connectivity index (χ1v) is 6.63. The van der Waals surface area contributed by atoms with E-state index in [0.717, 1.165) is 9.26 Å². The summed E-state index contributed by atoms with van der Waals surface area (Å²) in [7, 11) is 0. The average molecular weight is 360 g/mol. The van der Waals surface area contributed by atoms with Gasteiger partial charge in [-0.05, 0) is 40.8 Å². The molecule has 0 saturated carbocycles. The maximum Gasteiger partial charge on any atom is 0.309 e. The number of nitrogens with zero attached hydrogens (tertiary/aromatic N) is 1. The molecule has 1 saturated heterocycles. The molecule has 1 aromatic carbocycles. The van der Waals surface area contributed by atoms with Crippen molar-refractivity contribution < 1.29 is 14.7 Å². The van der Waals surface area contributed by atoms with Gasteiger partial charge in [0.15, 0.2) is 0 Å². The molecule has 2 N–H and O–H groups in total. The summed E-state index contributed by atoms with van der Waals surface area (Å²) in [6.07, 6.45) is 0.